The van der Waals surface area contributed by atoms with Crippen LogP contribution in [0, 0.1) is 6.92 Å². The molecule has 100 valence electrons. The summed E-state index contributed by atoms with van der Waals surface area (Å²) in [4.78, 5) is 11.3. The number of hydrogen-bond donors (Lipinski definition) is 1. The first-order valence-electron chi connectivity index (χ1n) is 6.44. The van der Waals surface area contributed by atoms with E-state index in [2.05, 4.69) is 12.1 Å². The monoisotopic (exact) mass is 266 g/mol. The first-order chi connectivity index (χ1) is 9.65. The van der Waals surface area contributed by atoms with E-state index in [4.69, 9.17) is 4.42 Å². The molecular weight excluding hydrogens is 252 g/mol. The maximum Gasteiger partial charge on any atom is 0.339 e. The van der Waals surface area contributed by atoms with Crippen LogP contribution in [0.5, 0.6) is 0 Å². The Labute approximate surface area is 116 Å². The Balaban J connectivity index is 2.06. The van der Waals surface area contributed by atoms with Crippen LogP contribution < -0.4 is 0 Å². The fourth-order valence-electron chi connectivity index (χ4n) is 2.47. The van der Waals surface area contributed by atoms with Crippen LogP contribution in [0.2, 0.25) is 0 Å². The summed E-state index contributed by atoms with van der Waals surface area (Å²) in [6, 6.07) is 15.8. The van der Waals surface area contributed by atoms with E-state index in [-0.39, 0.29) is 5.56 Å². The molecule has 0 saturated carbocycles. The molecule has 0 aliphatic heterocycles. The molecule has 0 spiro atoms. The fraction of sp³-hybridized carbons (Fsp3) is 0.118. The van der Waals surface area contributed by atoms with Crippen molar-refractivity contribution < 1.29 is 14.3 Å². The van der Waals surface area contributed by atoms with E-state index >= 15 is 0 Å². The summed E-state index contributed by atoms with van der Waals surface area (Å²) in [5.74, 6) is -0.498. The highest BCUT2D eigenvalue weighted by Crippen LogP contribution is 2.27. The Kier molecular flexibility index (Phi) is 3.03. The number of rotatable bonds is 3. The summed E-state index contributed by atoms with van der Waals surface area (Å²) in [6.07, 6.45) is 0.778. The van der Waals surface area contributed by atoms with Crippen molar-refractivity contribution in [3.63, 3.8) is 0 Å². The summed E-state index contributed by atoms with van der Waals surface area (Å²) in [7, 11) is 0. The molecule has 0 atom stereocenters. The van der Waals surface area contributed by atoms with Crippen LogP contribution in [0.4, 0.5) is 0 Å². The van der Waals surface area contributed by atoms with Gasteiger partial charge < -0.3 is 9.52 Å². The SMILES string of the molecule is Cc1oc2ccc(Cc3ccccc3)cc2c1C(=O)O. The molecule has 20 heavy (non-hydrogen) atoms. The molecule has 0 saturated heterocycles. The smallest absolute Gasteiger partial charge is 0.339 e. The quantitative estimate of drug-likeness (QED) is 0.778. The van der Waals surface area contributed by atoms with Gasteiger partial charge in [-0.25, -0.2) is 4.79 Å². The summed E-state index contributed by atoms with van der Waals surface area (Å²) < 4.78 is 5.48. The Bertz CT molecular complexity index is 770. The van der Waals surface area contributed by atoms with Crippen LogP contribution in [0.15, 0.2) is 52.9 Å². The molecule has 1 N–H and O–H groups in total. The van der Waals surface area contributed by atoms with Gasteiger partial charge >= 0.3 is 5.97 Å². The number of furan rings is 1. The minimum Gasteiger partial charge on any atom is -0.478 e. The second kappa shape index (κ2) is 4.85. The average Bonchev–Trinajstić information content (AvgIpc) is 2.75. The van der Waals surface area contributed by atoms with Crippen molar-refractivity contribution in [1.29, 1.82) is 0 Å². The minimum absolute atomic E-state index is 0.259. The molecule has 3 nitrogen and oxygen atoms in total. The van der Waals surface area contributed by atoms with Crippen molar-refractivity contribution in [1.82, 2.24) is 0 Å². The van der Waals surface area contributed by atoms with E-state index in [0.29, 0.717) is 16.7 Å². The molecule has 0 radical (unpaired) electrons. The third kappa shape index (κ3) is 2.18. The molecule has 1 aromatic heterocycles. The lowest BCUT2D eigenvalue weighted by Crippen LogP contribution is -1.97. The van der Waals surface area contributed by atoms with E-state index in [9.17, 15) is 9.90 Å². The predicted octanol–water partition coefficient (Wildman–Crippen LogP) is 4.03. The fourth-order valence-corrected chi connectivity index (χ4v) is 2.47. The van der Waals surface area contributed by atoms with Crippen LogP contribution in [0.3, 0.4) is 0 Å². The van der Waals surface area contributed by atoms with Gasteiger partial charge in [0, 0.05) is 5.39 Å². The summed E-state index contributed by atoms with van der Waals surface area (Å²) in [6.45, 7) is 1.68. The standard InChI is InChI=1S/C17H14O3/c1-11-16(17(18)19)14-10-13(7-8-15(14)20-11)9-12-5-3-2-4-6-12/h2-8,10H,9H2,1H3,(H,18,19). The van der Waals surface area contributed by atoms with E-state index in [1.807, 2.05) is 36.4 Å². The number of hydrogen-bond acceptors (Lipinski definition) is 2. The van der Waals surface area contributed by atoms with Gasteiger partial charge in [0.2, 0.25) is 0 Å². The van der Waals surface area contributed by atoms with Crippen LogP contribution >= 0.6 is 0 Å². The number of fused-ring (bicyclic) bond motifs is 1. The normalized spacial score (nSPS) is 10.8. The summed E-state index contributed by atoms with van der Waals surface area (Å²) in [5.41, 5.74) is 3.16. The number of carboxylic acids is 1. The number of carboxylic acid groups (broad SMARTS) is 1. The van der Waals surface area contributed by atoms with Gasteiger partial charge in [0.15, 0.2) is 0 Å². The highest BCUT2D eigenvalue weighted by molar-refractivity contribution is 6.03. The first-order valence-corrected chi connectivity index (χ1v) is 6.44. The van der Waals surface area contributed by atoms with E-state index in [0.717, 1.165) is 12.0 Å². The molecule has 0 unspecified atom stereocenters. The molecule has 0 amide bonds. The van der Waals surface area contributed by atoms with Crippen molar-refractivity contribution in [2.75, 3.05) is 0 Å². The number of aromatic carboxylic acids is 1. The summed E-state index contributed by atoms with van der Waals surface area (Å²) in [5, 5.41) is 9.94. The van der Waals surface area contributed by atoms with Gasteiger partial charge in [-0.15, -0.1) is 0 Å². The second-order valence-electron chi connectivity index (χ2n) is 4.83. The number of aryl methyl sites for hydroxylation is 1. The van der Waals surface area contributed by atoms with Crippen molar-refractivity contribution in [3.05, 3.63) is 71.0 Å². The topological polar surface area (TPSA) is 50.4 Å². The van der Waals surface area contributed by atoms with Gasteiger partial charge in [0.25, 0.3) is 0 Å². The molecule has 3 heteroatoms. The second-order valence-corrected chi connectivity index (χ2v) is 4.83. The Morgan fingerprint density at radius 2 is 1.85 bits per heavy atom. The van der Waals surface area contributed by atoms with Crippen LogP contribution in [-0.4, -0.2) is 11.1 Å². The Hall–Kier alpha value is -2.55. The zero-order valence-electron chi connectivity index (χ0n) is 11.1. The maximum atomic E-state index is 11.3. The molecule has 0 aliphatic rings. The molecule has 0 fully saturated rings. The third-order valence-electron chi connectivity index (χ3n) is 3.39. The molecule has 2 aromatic carbocycles. The molecule has 3 aromatic rings. The third-order valence-corrected chi connectivity index (χ3v) is 3.39. The Morgan fingerprint density at radius 1 is 1.10 bits per heavy atom. The van der Waals surface area contributed by atoms with E-state index in [1.165, 1.54) is 5.56 Å². The number of benzene rings is 2. The lowest BCUT2D eigenvalue weighted by molar-refractivity contribution is 0.0697. The largest absolute Gasteiger partial charge is 0.478 e. The molecule has 3 rings (SSSR count). The highest BCUT2D eigenvalue weighted by atomic mass is 16.4. The van der Waals surface area contributed by atoms with Gasteiger partial charge in [0.1, 0.15) is 16.9 Å². The lowest BCUT2D eigenvalue weighted by atomic mass is 10.0. The molecule has 0 aliphatic carbocycles. The first kappa shape index (κ1) is 12.5. The molecular formula is C17H14O3. The zero-order chi connectivity index (χ0) is 14.1. The van der Waals surface area contributed by atoms with E-state index in [1.54, 1.807) is 6.92 Å². The summed E-state index contributed by atoms with van der Waals surface area (Å²) >= 11 is 0. The minimum atomic E-state index is -0.946. The van der Waals surface area contributed by atoms with Gasteiger partial charge in [-0.05, 0) is 36.6 Å². The average molecular weight is 266 g/mol. The van der Waals surface area contributed by atoms with Crippen LogP contribution in [0.1, 0.15) is 27.2 Å². The molecule has 0 bridgehead atoms. The Morgan fingerprint density at radius 3 is 2.55 bits per heavy atom. The van der Waals surface area contributed by atoms with Gasteiger partial charge in [0.05, 0.1) is 0 Å². The van der Waals surface area contributed by atoms with Crippen molar-refractivity contribution in [3.8, 4) is 0 Å². The van der Waals surface area contributed by atoms with Crippen LogP contribution in [0.25, 0.3) is 11.0 Å². The van der Waals surface area contributed by atoms with Crippen molar-refractivity contribution in [2.24, 2.45) is 0 Å². The van der Waals surface area contributed by atoms with Gasteiger partial charge in [-0.2, -0.15) is 0 Å². The molecule has 1 heterocycles. The lowest BCUT2D eigenvalue weighted by Gasteiger charge is -2.02. The maximum absolute atomic E-state index is 11.3. The van der Waals surface area contributed by atoms with Crippen LogP contribution in [-0.2, 0) is 6.42 Å². The van der Waals surface area contributed by atoms with Gasteiger partial charge in [-0.1, -0.05) is 36.4 Å². The number of carbonyl (C=O) groups is 1. The predicted molar refractivity (Wildman–Crippen MR) is 77.2 cm³/mol. The van der Waals surface area contributed by atoms with Crippen molar-refractivity contribution in [2.45, 2.75) is 13.3 Å². The van der Waals surface area contributed by atoms with Gasteiger partial charge in [-0.3, -0.25) is 0 Å². The van der Waals surface area contributed by atoms with Crippen molar-refractivity contribution >= 4 is 16.9 Å². The van der Waals surface area contributed by atoms with E-state index < -0.39 is 5.97 Å². The highest BCUT2D eigenvalue weighted by Gasteiger charge is 2.17. The zero-order valence-corrected chi connectivity index (χ0v) is 11.1.